The number of rotatable bonds is 0. The van der Waals surface area contributed by atoms with Crippen LogP contribution >= 0.6 is 11.6 Å². The van der Waals surface area contributed by atoms with Crippen LogP contribution in [-0.4, -0.2) is 5.78 Å². The number of carbonyl (C=O) groups excluding carboxylic acids is 1. The predicted octanol–water partition coefficient (Wildman–Crippen LogP) is 4.04. The van der Waals surface area contributed by atoms with E-state index in [0.717, 1.165) is 29.0 Å². The van der Waals surface area contributed by atoms with Gasteiger partial charge in [-0.05, 0) is 48.4 Å². The van der Waals surface area contributed by atoms with E-state index in [-0.39, 0.29) is 5.92 Å². The van der Waals surface area contributed by atoms with Gasteiger partial charge in [0.2, 0.25) is 0 Å². The van der Waals surface area contributed by atoms with Crippen molar-refractivity contribution < 1.29 is 4.79 Å². The monoisotopic (exact) mass is 258 g/mol. The number of Topliss-reactive ketones (excluding diaryl/α,β-unsaturated/α-hetero) is 1. The van der Waals surface area contributed by atoms with Gasteiger partial charge < -0.3 is 0 Å². The van der Waals surface area contributed by atoms with E-state index in [1.54, 1.807) is 0 Å². The van der Waals surface area contributed by atoms with E-state index < -0.39 is 0 Å². The molecule has 1 aromatic carbocycles. The van der Waals surface area contributed by atoms with Gasteiger partial charge >= 0.3 is 0 Å². The molecule has 1 nitrogen and oxygen atoms in total. The van der Waals surface area contributed by atoms with Crippen LogP contribution in [0.3, 0.4) is 0 Å². The third-order valence-electron chi connectivity index (χ3n) is 4.84. The minimum absolute atomic E-state index is 0.288. The number of hydrogen-bond donors (Lipinski definition) is 0. The van der Waals surface area contributed by atoms with E-state index in [1.165, 1.54) is 30.4 Å². The van der Waals surface area contributed by atoms with Gasteiger partial charge in [-0.25, -0.2) is 0 Å². The van der Waals surface area contributed by atoms with Gasteiger partial charge in [-0.15, -0.1) is 0 Å². The Morgan fingerprint density at radius 1 is 1.11 bits per heavy atom. The van der Waals surface area contributed by atoms with E-state index >= 15 is 0 Å². The fourth-order valence-corrected chi connectivity index (χ4v) is 4.23. The van der Waals surface area contributed by atoms with Crippen LogP contribution in [0.2, 0.25) is 5.02 Å². The first-order chi connectivity index (χ1) is 8.75. The van der Waals surface area contributed by atoms with Gasteiger partial charge in [0, 0.05) is 16.5 Å². The smallest absolute Gasteiger partial charge is 0.167 e. The van der Waals surface area contributed by atoms with Gasteiger partial charge in [-0.3, -0.25) is 4.79 Å². The molecule has 18 heavy (non-hydrogen) atoms. The summed E-state index contributed by atoms with van der Waals surface area (Å²) in [5.74, 6) is 1.22. The molecule has 2 atom stereocenters. The van der Waals surface area contributed by atoms with Crippen LogP contribution in [-0.2, 0) is 11.2 Å². The summed E-state index contributed by atoms with van der Waals surface area (Å²) in [5.41, 5.74) is 4.87. The first-order valence-corrected chi connectivity index (χ1v) is 7.19. The second kappa shape index (κ2) is 3.71. The number of hydrogen-bond acceptors (Lipinski definition) is 1. The highest BCUT2D eigenvalue weighted by Crippen LogP contribution is 2.52. The van der Waals surface area contributed by atoms with Crippen molar-refractivity contribution in [3.8, 4) is 0 Å². The van der Waals surface area contributed by atoms with Crippen LogP contribution in [0.15, 0.2) is 23.8 Å². The van der Waals surface area contributed by atoms with E-state index in [1.807, 2.05) is 12.1 Å². The van der Waals surface area contributed by atoms with Gasteiger partial charge in [-0.2, -0.15) is 0 Å². The molecule has 1 aromatic rings. The Morgan fingerprint density at radius 3 is 2.72 bits per heavy atom. The number of halogens is 1. The standard InChI is InChI=1S/C16H15ClO/c17-10-6-5-9-7-14-11-3-1-2-4-12(11)16(18)15(14)13(9)8-10/h5-6,8,11-12H,1-4,7H2. The highest BCUT2D eigenvalue weighted by Gasteiger charge is 2.45. The van der Waals surface area contributed by atoms with Crippen LogP contribution in [0.5, 0.6) is 0 Å². The third-order valence-corrected chi connectivity index (χ3v) is 5.08. The summed E-state index contributed by atoms with van der Waals surface area (Å²) >= 11 is 6.08. The van der Waals surface area contributed by atoms with E-state index in [9.17, 15) is 4.79 Å². The van der Waals surface area contributed by atoms with Crippen molar-refractivity contribution in [2.24, 2.45) is 11.8 Å². The molecule has 1 fully saturated rings. The average molecular weight is 259 g/mol. The Morgan fingerprint density at radius 2 is 1.89 bits per heavy atom. The Bertz CT molecular complexity index is 585. The van der Waals surface area contributed by atoms with Crippen LogP contribution in [0, 0.1) is 11.8 Å². The molecular weight excluding hydrogens is 244 g/mol. The van der Waals surface area contributed by atoms with Gasteiger partial charge in [-0.1, -0.05) is 36.1 Å². The second-order valence-electron chi connectivity index (χ2n) is 5.74. The van der Waals surface area contributed by atoms with Crippen molar-refractivity contribution in [3.63, 3.8) is 0 Å². The fourth-order valence-electron chi connectivity index (χ4n) is 4.06. The predicted molar refractivity (Wildman–Crippen MR) is 72.5 cm³/mol. The molecule has 4 rings (SSSR count). The molecule has 0 amide bonds. The summed E-state index contributed by atoms with van der Waals surface area (Å²) in [5, 5.41) is 0.741. The molecule has 0 aromatic heterocycles. The molecule has 0 radical (unpaired) electrons. The SMILES string of the molecule is O=C1C2=C(Cc3ccc(Cl)cc32)C2CCCCC12. The molecule has 1 saturated carbocycles. The molecule has 0 heterocycles. The molecule has 92 valence electrons. The molecule has 3 aliphatic carbocycles. The van der Waals surface area contributed by atoms with Crippen molar-refractivity contribution in [2.45, 2.75) is 32.1 Å². The Balaban J connectivity index is 1.85. The van der Waals surface area contributed by atoms with Crippen LogP contribution in [0.1, 0.15) is 36.8 Å². The number of benzene rings is 1. The lowest BCUT2D eigenvalue weighted by molar-refractivity contribution is -0.118. The number of ketones is 1. The summed E-state index contributed by atoms with van der Waals surface area (Å²) in [6, 6.07) is 6.00. The summed E-state index contributed by atoms with van der Waals surface area (Å²) in [6.45, 7) is 0. The van der Waals surface area contributed by atoms with Gasteiger partial charge in [0.25, 0.3) is 0 Å². The van der Waals surface area contributed by atoms with Crippen molar-refractivity contribution in [1.29, 1.82) is 0 Å². The summed E-state index contributed by atoms with van der Waals surface area (Å²) in [4.78, 5) is 12.6. The average Bonchev–Trinajstić information content (AvgIpc) is 2.87. The van der Waals surface area contributed by atoms with Crippen LogP contribution < -0.4 is 0 Å². The first-order valence-electron chi connectivity index (χ1n) is 6.82. The maximum absolute atomic E-state index is 12.6. The Labute approximate surface area is 112 Å². The van der Waals surface area contributed by atoms with Crippen LogP contribution in [0.4, 0.5) is 0 Å². The lowest BCUT2D eigenvalue weighted by atomic mass is 9.77. The molecule has 2 unspecified atom stereocenters. The third kappa shape index (κ3) is 1.31. The van der Waals surface area contributed by atoms with Crippen molar-refractivity contribution >= 4 is 23.0 Å². The molecule has 0 bridgehead atoms. The second-order valence-corrected chi connectivity index (χ2v) is 6.18. The van der Waals surface area contributed by atoms with Gasteiger partial charge in [0.05, 0.1) is 0 Å². The minimum atomic E-state index is 0.288. The summed E-state index contributed by atoms with van der Waals surface area (Å²) < 4.78 is 0. The summed E-state index contributed by atoms with van der Waals surface area (Å²) in [6.07, 6.45) is 5.77. The fraction of sp³-hybridized carbons (Fsp3) is 0.438. The molecule has 3 aliphatic rings. The lowest BCUT2D eigenvalue weighted by Gasteiger charge is -2.26. The highest BCUT2D eigenvalue weighted by atomic mass is 35.5. The van der Waals surface area contributed by atoms with Crippen LogP contribution in [0.25, 0.3) is 5.57 Å². The zero-order valence-electron chi connectivity index (χ0n) is 10.2. The van der Waals surface area contributed by atoms with Crippen molar-refractivity contribution in [3.05, 3.63) is 39.9 Å². The van der Waals surface area contributed by atoms with Gasteiger partial charge in [0.1, 0.15) is 0 Å². The van der Waals surface area contributed by atoms with Crippen molar-refractivity contribution in [1.82, 2.24) is 0 Å². The molecule has 0 aliphatic heterocycles. The number of allylic oxidation sites excluding steroid dienone is 2. The quantitative estimate of drug-likeness (QED) is 0.686. The molecule has 2 heteroatoms. The number of carbonyl (C=O) groups is 1. The van der Waals surface area contributed by atoms with Gasteiger partial charge in [0.15, 0.2) is 5.78 Å². The Kier molecular flexibility index (Phi) is 2.23. The van der Waals surface area contributed by atoms with E-state index in [0.29, 0.717) is 11.7 Å². The highest BCUT2D eigenvalue weighted by molar-refractivity contribution is 6.32. The topological polar surface area (TPSA) is 17.1 Å². The molecule has 0 N–H and O–H groups in total. The summed E-state index contributed by atoms with van der Waals surface area (Å²) in [7, 11) is 0. The largest absolute Gasteiger partial charge is 0.294 e. The first kappa shape index (κ1) is 10.8. The number of fused-ring (bicyclic) bond motifs is 4. The molecule has 0 saturated heterocycles. The zero-order valence-corrected chi connectivity index (χ0v) is 11.0. The van der Waals surface area contributed by atoms with E-state index in [4.69, 9.17) is 11.6 Å². The Hall–Kier alpha value is -1.08. The molecule has 0 spiro atoms. The normalized spacial score (nSPS) is 29.3. The lowest BCUT2D eigenvalue weighted by Crippen LogP contribution is -2.23. The van der Waals surface area contributed by atoms with E-state index in [2.05, 4.69) is 6.07 Å². The maximum atomic E-state index is 12.6. The molecular formula is C16H15ClO. The minimum Gasteiger partial charge on any atom is -0.294 e. The zero-order chi connectivity index (χ0) is 12.3. The maximum Gasteiger partial charge on any atom is 0.167 e. The van der Waals surface area contributed by atoms with Crippen molar-refractivity contribution in [2.75, 3.05) is 0 Å².